The van der Waals surface area contributed by atoms with Gasteiger partial charge in [-0.2, -0.15) is 0 Å². The Labute approximate surface area is 107 Å². The summed E-state index contributed by atoms with van der Waals surface area (Å²) in [7, 11) is 1.72. The highest BCUT2D eigenvalue weighted by atomic mass is 19.1. The summed E-state index contributed by atoms with van der Waals surface area (Å²) in [5.74, 6) is -0.934. The van der Waals surface area contributed by atoms with Crippen LogP contribution in [0.4, 0.5) is 4.39 Å². The molecule has 18 heavy (non-hydrogen) atoms. The van der Waals surface area contributed by atoms with Crippen LogP contribution in [0.25, 0.3) is 0 Å². The fraction of sp³-hybridized carbons (Fsp3) is 0.500. The van der Waals surface area contributed by atoms with Gasteiger partial charge in [0.25, 0.3) is 5.91 Å². The molecule has 1 N–H and O–H groups in total. The molecule has 0 atom stereocenters. The van der Waals surface area contributed by atoms with E-state index in [9.17, 15) is 14.3 Å². The number of carbonyl (C=O) groups is 1. The van der Waals surface area contributed by atoms with Gasteiger partial charge in [-0.25, -0.2) is 4.39 Å². The van der Waals surface area contributed by atoms with E-state index >= 15 is 0 Å². The molecule has 0 radical (unpaired) electrons. The summed E-state index contributed by atoms with van der Waals surface area (Å²) in [6.45, 7) is 4.86. The zero-order valence-corrected chi connectivity index (χ0v) is 11.1. The van der Waals surface area contributed by atoms with Crippen molar-refractivity contribution < 1.29 is 14.3 Å². The van der Waals surface area contributed by atoms with Gasteiger partial charge in [0.1, 0.15) is 0 Å². The van der Waals surface area contributed by atoms with Crippen LogP contribution >= 0.6 is 0 Å². The van der Waals surface area contributed by atoms with Gasteiger partial charge in [0, 0.05) is 19.2 Å². The number of hydrogen-bond donors (Lipinski definition) is 1. The van der Waals surface area contributed by atoms with Crippen molar-refractivity contribution in [3.63, 3.8) is 0 Å². The van der Waals surface area contributed by atoms with Gasteiger partial charge in [-0.15, -0.1) is 0 Å². The predicted octanol–water partition coefficient (Wildman–Crippen LogP) is 3.04. The first-order valence-electron chi connectivity index (χ1n) is 6.23. The predicted molar refractivity (Wildman–Crippen MR) is 69.1 cm³/mol. The fourth-order valence-electron chi connectivity index (χ4n) is 1.88. The van der Waals surface area contributed by atoms with Crippen LogP contribution in [-0.4, -0.2) is 29.5 Å². The van der Waals surface area contributed by atoms with Crippen LogP contribution in [-0.2, 0) is 0 Å². The number of halogens is 1. The van der Waals surface area contributed by atoms with Gasteiger partial charge >= 0.3 is 0 Å². The van der Waals surface area contributed by atoms with Crippen LogP contribution in [0.2, 0.25) is 0 Å². The summed E-state index contributed by atoms with van der Waals surface area (Å²) in [6.07, 6.45) is 2.03. The number of rotatable bonds is 5. The summed E-state index contributed by atoms with van der Waals surface area (Å²) in [5, 5.41) is 9.26. The van der Waals surface area contributed by atoms with Crippen molar-refractivity contribution in [2.24, 2.45) is 5.92 Å². The van der Waals surface area contributed by atoms with E-state index < -0.39 is 11.6 Å². The molecule has 1 amide bonds. The van der Waals surface area contributed by atoms with Crippen LogP contribution in [0.15, 0.2) is 18.2 Å². The number of amides is 1. The van der Waals surface area contributed by atoms with Gasteiger partial charge in [0.15, 0.2) is 11.6 Å². The fourth-order valence-corrected chi connectivity index (χ4v) is 1.88. The van der Waals surface area contributed by atoms with Crippen LogP contribution in [0, 0.1) is 11.7 Å². The molecule has 0 aliphatic heterocycles. The Morgan fingerprint density at radius 2 is 2.00 bits per heavy atom. The Balaban J connectivity index is 2.76. The van der Waals surface area contributed by atoms with Gasteiger partial charge in [-0.05, 0) is 24.1 Å². The van der Waals surface area contributed by atoms with Crippen molar-refractivity contribution in [2.75, 3.05) is 13.6 Å². The molecule has 0 bridgehead atoms. The lowest BCUT2D eigenvalue weighted by Gasteiger charge is -2.22. The lowest BCUT2D eigenvalue weighted by atomic mass is 10.0. The van der Waals surface area contributed by atoms with Gasteiger partial charge < -0.3 is 10.0 Å². The first-order valence-corrected chi connectivity index (χ1v) is 6.23. The average Bonchev–Trinajstić information content (AvgIpc) is 2.38. The number of hydrogen-bond acceptors (Lipinski definition) is 2. The van der Waals surface area contributed by atoms with Crippen LogP contribution < -0.4 is 0 Å². The van der Waals surface area contributed by atoms with Crippen molar-refractivity contribution in [1.29, 1.82) is 0 Å². The van der Waals surface area contributed by atoms with Crippen molar-refractivity contribution in [1.82, 2.24) is 4.90 Å². The molecule has 0 heterocycles. The first kappa shape index (κ1) is 14.5. The highest BCUT2D eigenvalue weighted by Gasteiger charge is 2.16. The molecule has 1 rings (SSSR count). The topological polar surface area (TPSA) is 40.5 Å². The third-order valence-electron chi connectivity index (χ3n) is 3.23. The Kier molecular flexibility index (Phi) is 5.13. The smallest absolute Gasteiger partial charge is 0.253 e. The number of aromatic hydroxyl groups is 1. The molecule has 0 aliphatic carbocycles. The van der Waals surface area contributed by atoms with Crippen molar-refractivity contribution >= 4 is 5.91 Å². The Morgan fingerprint density at radius 1 is 1.39 bits per heavy atom. The molecule has 3 nitrogen and oxygen atoms in total. The van der Waals surface area contributed by atoms with Crippen molar-refractivity contribution in [3.8, 4) is 5.75 Å². The Morgan fingerprint density at radius 3 is 2.50 bits per heavy atom. The van der Waals surface area contributed by atoms with Gasteiger partial charge in [0.05, 0.1) is 0 Å². The summed E-state index contributed by atoms with van der Waals surface area (Å²) in [6, 6.07) is 3.66. The van der Waals surface area contributed by atoms with E-state index in [2.05, 4.69) is 13.8 Å². The number of phenols is 1. The molecule has 0 fully saturated rings. The van der Waals surface area contributed by atoms with E-state index in [-0.39, 0.29) is 5.91 Å². The molecular weight excluding hydrogens is 233 g/mol. The van der Waals surface area contributed by atoms with Crippen LogP contribution in [0.5, 0.6) is 5.75 Å². The van der Waals surface area contributed by atoms with Crippen LogP contribution in [0.1, 0.15) is 37.0 Å². The number of benzene rings is 1. The summed E-state index contributed by atoms with van der Waals surface area (Å²) < 4.78 is 12.9. The quantitative estimate of drug-likeness (QED) is 0.876. The molecule has 100 valence electrons. The van der Waals surface area contributed by atoms with Crippen LogP contribution in [0.3, 0.4) is 0 Å². The minimum absolute atomic E-state index is 0.197. The minimum atomic E-state index is -0.714. The standard InChI is InChI=1S/C14H20FNO2/c1-4-10(5-2)9-16(3)14(18)11-6-7-12(15)13(17)8-11/h6-8,10,17H,4-5,9H2,1-3H3. The SMILES string of the molecule is CCC(CC)CN(C)C(=O)c1ccc(F)c(O)c1. The van der Waals surface area contributed by atoms with E-state index in [0.717, 1.165) is 18.9 Å². The van der Waals surface area contributed by atoms with Gasteiger partial charge in [-0.1, -0.05) is 26.7 Å². The van der Waals surface area contributed by atoms with E-state index in [1.54, 1.807) is 11.9 Å². The average molecular weight is 253 g/mol. The molecular formula is C14H20FNO2. The molecule has 1 aromatic carbocycles. The highest BCUT2D eigenvalue weighted by molar-refractivity contribution is 5.94. The molecule has 0 unspecified atom stereocenters. The lowest BCUT2D eigenvalue weighted by Crippen LogP contribution is -2.31. The van der Waals surface area contributed by atoms with Gasteiger partial charge in [-0.3, -0.25) is 4.79 Å². The van der Waals surface area contributed by atoms with Crippen molar-refractivity contribution in [2.45, 2.75) is 26.7 Å². The Hall–Kier alpha value is -1.58. The zero-order chi connectivity index (χ0) is 13.7. The third kappa shape index (κ3) is 3.45. The molecule has 0 aliphatic rings. The summed E-state index contributed by atoms with van der Waals surface area (Å²) >= 11 is 0. The summed E-state index contributed by atoms with van der Waals surface area (Å²) in [5.41, 5.74) is 0.308. The van der Waals surface area contributed by atoms with Crippen molar-refractivity contribution in [3.05, 3.63) is 29.6 Å². The summed E-state index contributed by atoms with van der Waals surface area (Å²) in [4.78, 5) is 13.7. The minimum Gasteiger partial charge on any atom is -0.505 e. The molecule has 0 aromatic heterocycles. The van der Waals surface area contributed by atoms with Gasteiger partial charge in [0.2, 0.25) is 0 Å². The largest absolute Gasteiger partial charge is 0.505 e. The molecule has 0 saturated carbocycles. The third-order valence-corrected chi connectivity index (χ3v) is 3.23. The Bertz CT molecular complexity index is 416. The maximum absolute atomic E-state index is 12.9. The molecule has 4 heteroatoms. The lowest BCUT2D eigenvalue weighted by molar-refractivity contribution is 0.0769. The van der Waals surface area contributed by atoms with E-state index in [0.29, 0.717) is 18.0 Å². The second-order valence-electron chi connectivity index (χ2n) is 4.53. The number of phenolic OH excluding ortho intramolecular Hbond substituents is 1. The number of carbonyl (C=O) groups excluding carboxylic acids is 1. The highest BCUT2D eigenvalue weighted by Crippen LogP contribution is 2.18. The molecule has 0 saturated heterocycles. The van der Waals surface area contributed by atoms with E-state index in [1.165, 1.54) is 12.1 Å². The van der Waals surface area contributed by atoms with E-state index in [4.69, 9.17) is 0 Å². The first-order chi connectivity index (χ1) is 8.49. The maximum atomic E-state index is 12.9. The second kappa shape index (κ2) is 6.38. The maximum Gasteiger partial charge on any atom is 0.253 e. The normalized spacial score (nSPS) is 10.7. The van der Waals surface area contributed by atoms with E-state index in [1.807, 2.05) is 0 Å². The molecule has 0 spiro atoms. The monoisotopic (exact) mass is 253 g/mol. The molecule has 1 aromatic rings. The second-order valence-corrected chi connectivity index (χ2v) is 4.53. The zero-order valence-electron chi connectivity index (χ0n) is 11.1. The number of nitrogens with zero attached hydrogens (tertiary/aromatic N) is 1.